The Morgan fingerprint density at radius 3 is 1.27 bits per heavy atom. The van der Waals surface area contributed by atoms with Crippen LogP contribution in [0.5, 0.6) is 0 Å². The van der Waals surface area contributed by atoms with Crippen LogP contribution in [0.1, 0.15) is 22.3 Å². The molecule has 0 radical (unpaired) electrons. The molecular weight excluding hydrogens is 492 g/mol. The lowest BCUT2D eigenvalue weighted by atomic mass is 9.84. The second-order valence-electron chi connectivity index (χ2n) is 10.8. The third-order valence-corrected chi connectivity index (χ3v) is 8.50. The Labute approximate surface area is 240 Å². The lowest BCUT2D eigenvalue weighted by Crippen LogP contribution is -1.94. The molecule has 192 valence electrons. The molecule has 0 nitrogen and oxygen atoms in total. The Kier molecular flexibility index (Phi) is 5.64. The van der Waals surface area contributed by atoms with Crippen LogP contribution in [0.15, 0.2) is 158 Å². The van der Waals surface area contributed by atoms with E-state index < -0.39 is 0 Å². The molecule has 0 heteroatoms. The molecule has 0 saturated carbocycles. The molecule has 0 heterocycles. The first-order chi connectivity index (χ1) is 20.4. The molecule has 41 heavy (non-hydrogen) atoms. The Morgan fingerprint density at radius 2 is 0.756 bits per heavy atom. The predicted molar refractivity (Wildman–Crippen MR) is 175 cm³/mol. The van der Waals surface area contributed by atoms with Gasteiger partial charge in [0.25, 0.3) is 0 Å². The van der Waals surface area contributed by atoms with Crippen LogP contribution in [-0.4, -0.2) is 0 Å². The second kappa shape index (κ2) is 9.77. The first kappa shape index (κ1) is 23.7. The first-order valence-corrected chi connectivity index (χ1v) is 14.3. The summed E-state index contributed by atoms with van der Waals surface area (Å²) in [5.41, 5.74) is 13.2. The van der Waals surface area contributed by atoms with E-state index in [0.717, 1.165) is 6.42 Å². The normalized spacial score (nSPS) is 12.7. The van der Waals surface area contributed by atoms with Crippen LogP contribution < -0.4 is 0 Å². The summed E-state index contributed by atoms with van der Waals surface area (Å²) in [4.78, 5) is 0. The number of benzene rings is 7. The molecular formula is C41H28. The topological polar surface area (TPSA) is 0 Å². The summed E-state index contributed by atoms with van der Waals surface area (Å²) < 4.78 is 0. The maximum absolute atomic E-state index is 2.49. The zero-order chi connectivity index (χ0) is 27.2. The molecule has 7 aromatic rings. The van der Waals surface area contributed by atoms with E-state index >= 15 is 0 Å². The maximum atomic E-state index is 2.49. The van der Waals surface area contributed by atoms with Crippen LogP contribution in [0.3, 0.4) is 0 Å². The molecule has 0 bridgehead atoms. The van der Waals surface area contributed by atoms with Gasteiger partial charge in [-0.2, -0.15) is 0 Å². The molecule has 0 amide bonds. The van der Waals surface area contributed by atoms with Gasteiger partial charge in [-0.1, -0.05) is 146 Å². The summed E-state index contributed by atoms with van der Waals surface area (Å²) in [6.45, 7) is 0. The van der Waals surface area contributed by atoms with Gasteiger partial charge in [0.2, 0.25) is 0 Å². The van der Waals surface area contributed by atoms with Gasteiger partial charge in [0.1, 0.15) is 0 Å². The van der Waals surface area contributed by atoms with E-state index in [1.807, 2.05) is 0 Å². The SMILES string of the molecule is c1ccc(C2=C(c3ccccc3)c3cc4c(-c5ccccc5)c5ccccc5c(-c5ccccc5)c4cc3C2)cc1. The minimum absolute atomic E-state index is 0.918. The number of rotatable bonds is 4. The van der Waals surface area contributed by atoms with Gasteiger partial charge in [-0.25, -0.2) is 0 Å². The van der Waals surface area contributed by atoms with E-state index in [4.69, 9.17) is 0 Å². The number of fused-ring (bicyclic) bond motifs is 3. The summed E-state index contributed by atoms with van der Waals surface area (Å²) in [5, 5.41) is 5.20. The van der Waals surface area contributed by atoms with Gasteiger partial charge in [0, 0.05) is 0 Å². The Balaban J connectivity index is 1.52. The van der Waals surface area contributed by atoms with E-state index in [1.54, 1.807) is 0 Å². The number of allylic oxidation sites excluding steroid dienone is 1. The van der Waals surface area contributed by atoms with Crippen LogP contribution >= 0.6 is 0 Å². The highest BCUT2D eigenvalue weighted by Crippen LogP contribution is 2.49. The van der Waals surface area contributed by atoms with E-state index in [1.165, 1.54) is 77.2 Å². The van der Waals surface area contributed by atoms with E-state index in [-0.39, 0.29) is 0 Å². The molecule has 0 atom stereocenters. The summed E-state index contributed by atoms with van der Waals surface area (Å²) in [6, 6.07) is 57.5. The Morgan fingerprint density at radius 1 is 0.341 bits per heavy atom. The van der Waals surface area contributed by atoms with E-state index in [2.05, 4.69) is 158 Å². The smallest absolute Gasteiger partial charge is 0.000705 e. The number of hydrogen-bond donors (Lipinski definition) is 0. The maximum Gasteiger partial charge on any atom is -0.000705 e. The summed E-state index contributed by atoms with van der Waals surface area (Å²) in [7, 11) is 0. The number of hydrogen-bond acceptors (Lipinski definition) is 0. The zero-order valence-corrected chi connectivity index (χ0v) is 22.7. The molecule has 0 N–H and O–H groups in total. The van der Waals surface area contributed by atoms with Gasteiger partial charge >= 0.3 is 0 Å². The van der Waals surface area contributed by atoms with Crippen molar-refractivity contribution in [3.63, 3.8) is 0 Å². The molecule has 1 aliphatic rings. The van der Waals surface area contributed by atoms with Crippen molar-refractivity contribution < 1.29 is 0 Å². The largest absolute Gasteiger partial charge is 0.0622 e. The molecule has 0 fully saturated rings. The van der Waals surface area contributed by atoms with Crippen LogP contribution in [0.2, 0.25) is 0 Å². The van der Waals surface area contributed by atoms with E-state index in [0.29, 0.717) is 0 Å². The standard InChI is InChI=1S/C41H28/c1-5-15-28(16-6-1)35-25-32-26-37-38(27-36(32)41(35)31-21-11-4-12-22-31)40(30-19-9-3-10-20-30)34-24-14-13-23-33(34)39(37)29-17-7-2-8-18-29/h1-24,26-27H,25H2. The summed E-state index contributed by atoms with van der Waals surface area (Å²) in [6.07, 6.45) is 0.918. The fourth-order valence-electron chi connectivity index (χ4n) is 6.74. The summed E-state index contributed by atoms with van der Waals surface area (Å²) >= 11 is 0. The second-order valence-corrected chi connectivity index (χ2v) is 10.8. The Hall–Kier alpha value is -5.20. The van der Waals surface area contributed by atoms with Crippen LogP contribution in [0, 0.1) is 0 Å². The molecule has 0 spiro atoms. The average Bonchev–Trinajstić information content (AvgIpc) is 3.42. The van der Waals surface area contributed by atoms with Crippen molar-refractivity contribution in [2.45, 2.75) is 6.42 Å². The van der Waals surface area contributed by atoms with Crippen molar-refractivity contribution in [3.8, 4) is 22.3 Å². The van der Waals surface area contributed by atoms with Gasteiger partial charge in [-0.05, 0) is 95.8 Å². The van der Waals surface area contributed by atoms with Crippen LogP contribution in [0.25, 0.3) is 54.9 Å². The molecule has 0 aliphatic heterocycles. The van der Waals surface area contributed by atoms with Gasteiger partial charge < -0.3 is 0 Å². The van der Waals surface area contributed by atoms with Crippen molar-refractivity contribution in [3.05, 3.63) is 180 Å². The lowest BCUT2D eigenvalue weighted by Gasteiger charge is -2.19. The van der Waals surface area contributed by atoms with Crippen molar-refractivity contribution in [1.82, 2.24) is 0 Å². The van der Waals surface area contributed by atoms with Gasteiger partial charge in [0.15, 0.2) is 0 Å². The fraction of sp³-hybridized carbons (Fsp3) is 0.0244. The van der Waals surface area contributed by atoms with Crippen LogP contribution in [-0.2, 0) is 6.42 Å². The lowest BCUT2D eigenvalue weighted by molar-refractivity contribution is 1.33. The highest BCUT2D eigenvalue weighted by Gasteiger charge is 2.27. The van der Waals surface area contributed by atoms with Crippen molar-refractivity contribution in [1.29, 1.82) is 0 Å². The van der Waals surface area contributed by atoms with Crippen molar-refractivity contribution >= 4 is 32.7 Å². The Bertz CT molecular complexity index is 2070. The zero-order valence-electron chi connectivity index (χ0n) is 22.7. The predicted octanol–water partition coefficient (Wildman–Crippen LogP) is 10.8. The summed E-state index contributed by atoms with van der Waals surface area (Å²) in [5.74, 6) is 0. The van der Waals surface area contributed by atoms with Crippen molar-refractivity contribution in [2.75, 3.05) is 0 Å². The van der Waals surface area contributed by atoms with Crippen LogP contribution in [0.4, 0.5) is 0 Å². The molecule has 1 aliphatic carbocycles. The highest BCUT2D eigenvalue weighted by atomic mass is 14.3. The third-order valence-electron chi connectivity index (χ3n) is 8.50. The molecule has 7 aromatic carbocycles. The van der Waals surface area contributed by atoms with Gasteiger partial charge in [0.05, 0.1) is 0 Å². The minimum atomic E-state index is 0.918. The average molecular weight is 521 g/mol. The third kappa shape index (κ3) is 3.91. The first-order valence-electron chi connectivity index (χ1n) is 14.3. The van der Waals surface area contributed by atoms with Gasteiger partial charge in [-0.3, -0.25) is 0 Å². The fourth-order valence-corrected chi connectivity index (χ4v) is 6.74. The highest BCUT2D eigenvalue weighted by molar-refractivity contribution is 6.22. The van der Waals surface area contributed by atoms with E-state index in [9.17, 15) is 0 Å². The van der Waals surface area contributed by atoms with Crippen molar-refractivity contribution in [2.24, 2.45) is 0 Å². The molecule has 0 aromatic heterocycles. The molecule has 0 saturated heterocycles. The quantitative estimate of drug-likeness (QED) is 0.202. The monoisotopic (exact) mass is 520 g/mol. The molecule has 0 unspecified atom stereocenters. The minimum Gasteiger partial charge on any atom is -0.0622 e. The molecule has 8 rings (SSSR count). The van der Waals surface area contributed by atoms with Gasteiger partial charge in [-0.15, -0.1) is 0 Å².